The van der Waals surface area contributed by atoms with Crippen molar-refractivity contribution in [2.75, 3.05) is 46.7 Å². The first-order valence-electron chi connectivity index (χ1n) is 5.47. The summed E-state index contributed by atoms with van der Waals surface area (Å²) in [5.41, 5.74) is 0. The number of ether oxygens (including phenoxy) is 1. The number of hydrogen-bond acceptors (Lipinski definition) is 5. The summed E-state index contributed by atoms with van der Waals surface area (Å²) in [6.45, 7) is 9.04. The molecule has 0 aromatic carbocycles. The molecule has 1 heterocycles. The summed E-state index contributed by atoms with van der Waals surface area (Å²) in [7, 11) is 1.63. The van der Waals surface area contributed by atoms with E-state index in [0.29, 0.717) is 19.2 Å². The lowest BCUT2D eigenvalue weighted by molar-refractivity contribution is -0.373. The monoisotopic (exact) mass is 218 g/mol. The van der Waals surface area contributed by atoms with Gasteiger partial charge in [0.25, 0.3) is 0 Å². The van der Waals surface area contributed by atoms with Crippen LogP contribution in [0.1, 0.15) is 13.8 Å². The van der Waals surface area contributed by atoms with Crippen LogP contribution in [0.5, 0.6) is 0 Å². The molecule has 0 atom stereocenters. The average molecular weight is 218 g/mol. The Morgan fingerprint density at radius 2 is 2.00 bits per heavy atom. The summed E-state index contributed by atoms with van der Waals surface area (Å²) in [5.74, 6) is 0.507. The minimum atomic E-state index is 0.507. The third-order valence-electron chi connectivity index (χ3n) is 2.17. The van der Waals surface area contributed by atoms with Crippen LogP contribution in [0.2, 0.25) is 0 Å². The highest BCUT2D eigenvalue weighted by atomic mass is 16.9. The Balaban J connectivity index is 2.19. The summed E-state index contributed by atoms with van der Waals surface area (Å²) in [6, 6.07) is 0. The molecule has 0 aromatic rings. The van der Waals surface area contributed by atoms with Crippen LogP contribution in [-0.2, 0) is 14.4 Å². The predicted molar refractivity (Wildman–Crippen MR) is 56.9 cm³/mol. The highest BCUT2D eigenvalue weighted by molar-refractivity contribution is 4.58. The van der Waals surface area contributed by atoms with Crippen LogP contribution in [0.3, 0.4) is 0 Å². The van der Waals surface area contributed by atoms with E-state index in [9.17, 15) is 0 Å². The third kappa shape index (κ3) is 5.44. The van der Waals surface area contributed by atoms with E-state index in [1.807, 2.05) is 0 Å². The molecule has 1 aliphatic heterocycles. The van der Waals surface area contributed by atoms with Gasteiger partial charge in [0.1, 0.15) is 6.67 Å². The number of nitrogens with zero attached hydrogens (tertiary/aromatic N) is 2. The summed E-state index contributed by atoms with van der Waals surface area (Å²) in [5, 5.41) is 1.53. The first-order chi connectivity index (χ1) is 7.22. The molecule has 1 aliphatic rings. The van der Waals surface area contributed by atoms with Gasteiger partial charge in [-0.25, -0.2) is 0 Å². The van der Waals surface area contributed by atoms with Gasteiger partial charge in [-0.1, -0.05) is 19.1 Å². The molecular formula is C10H22N2O3. The molecule has 15 heavy (non-hydrogen) atoms. The maximum absolute atomic E-state index is 5.48. The smallest absolute Gasteiger partial charge is 0.104 e. The van der Waals surface area contributed by atoms with Crippen LogP contribution < -0.4 is 0 Å². The molecule has 5 heteroatoms. The molecule has 0 radical (unpaired) electrons. The summed E-state index contributed by atoms with van der Waals surface area (Å²) in [4.78, 5) is 12.9. The molecule has 1 rings (SSSR count). The van der Waals surface area contributed by atoms with E-state index in [1.54, 1.807) is 7.11 Å². The van der Waals surface area contributed by atoms with Gasteiger partial charge in [0.2, 0.25) is 0 Å². The normalized spacial score (nSPS) is 19.0. The topological polar surface area (TPSA) is 34.2 Å². The lowest BCUT2D eigenvalue weighted by Gasteiger charge is -2.30. The van der Waals surface area contributed by atoms with Crippen LogP contribution in [-0.4, -0.2) is 56.8 Å². The molecule has 90 valence electrons. The molecule has 1 fully saturated rings. The van der Waals surface area contributed by atoms with E-state index in [0.717, 1.165) is 26.3 Å². The highest BCUT2D eigenvalue weighted by Crippen LogP contribution is 2.02. The van der Waals surface area contributed by atoms with E-state index in [-0.39, 0.29) is 0 Å². The lowest BCUT2D eigenvalue weighted by atomic mass is 10.2. The standard InChI is InChI=1S/C10H22N2O3/c1-10(2)8-15-12(13-3)9-11-4-6-14-7-5-11/h10H,4-9H2,1-3H3. The van der Waals surface area contributed by atoms with E-state index >= 15 is 0 Å². The summed E-state index contributed by atoms with van der Waals surface area (Å²) in [6.07, 6.45) is 0. The molecule has 0 aromatic heterocycles. The minimum absolute atomic E-state index is 0.507. The van der Waals surface area contributed by atoms with Gasteiger partial charge in [-0.05, 0) is 5.92 Å². The molecule has 0 aliphatic carbocycles. The van der Waals surface area contributed by atoms with Crippen molar-refractivity contribution in [2.45, 2.75) is 13.8 Å². The molecule has 0 N–H and O–H groups in total. The Morgan fingerprint density at radius 3 is 2.53 bits per heavy atom. The van der Waals surface area contributed by atoms with Gasteiger partial charge < -0.3 is 4.74 Å². The Bertz CT molecular complexity index is 161. The van der Waals surface area contributed by atoms with Crippen LogP contribution >= 0.6 is 0 Å². The maximum atomic E-state index is 5.48. The van der Waals surface area contributed by atoms with Gasteiger partial charge in [0.05, 0.1) is 26.9 Å². The number of rotatable bonds is 6. The highest BCUT2D eigenvalue weighted by Gasteiger charge is 2.15. The van der Waals surface area contributed by atoms with E-state index in [2.05, 4.69) is 18.7 Å². The van der Waals surface area contributed by atoms with Crippen molar-refractivity contribution in [3.05, 3.63) is 0 Å². The summed E-state index contributed by atoms with van der Waals surface area (Å²) < 4.78 is 5.27. The second-order valence-electron chi connectivity index (χ2n) is 4.08. The minimum Gasteiger partial charge on any atom is -0.379 e. The third-order valence-corrected chi connectivity index (χ3v) is 2.17. The van der Waals surface area contributed by atoms with Gasteiger partial charge in [-0.15, -0.1) is 0 Å². The van der Waals surface area contributed by atoms with Crippen molar-refractivity contribution in [3.8, 4) is 0 Å². The van der Waals surface area contributed by atoms with Crippen LogP contribution in [0.25, 0.3) is 0 Å². The Morgan fingerprint density at radius 1 is 1.33 bits per heavy atom. The molecule has 1 saturated heterocycles. The zero-order valence-electron chi connectivity index (χ0n) is 9.94. The SMILES string of the molecule is CON(CN1CCOCC1)OCC(C)C. The Kier molecular flexibility index (Phi) is 6.12. The molecule has 0 unspecified atom stereocenters. The van der Waals surface area contributed by atoms with Crippen LogP contribution in [0.15, 0.2) is 0 Å². The number of hydrogen-bond donors (Lipinski definition) is 0. The number of hydroxylamine groups is 2. The zero-order valence-corrected chi connectivity index (χ0v) is 9.94. The fraction of sp³-hybridized carbons (Fsp3) is 1.00. The lowest BCUT2D eigenvalue weighted by Crippen LogP contribution is -2.43. The van der Waals surface area contributed by atoms with Crippen molar-refractivity contribution < 1.29 is 14.4 Å². The van der Waals surface area contributed by atoms with Crippen LogP contribution in [0, 0.1) is 5.92 Å². The van der Waals surface area contributed by atoms with Crippen molar-refractivity contribution in [3.63, 3.8) is 0 Å². The Hall–Kier alpha value is -0.200. The van der Waals surface area contributed by atoms with Crippen molar-refractivity contribution >= 4 is 0 Å². The van der Waals surface area contributed by atoms with Crippen molar-refractivity contribution in [2.24, 2.45) is 5.92 Å². The molecule has 0 spiro atoms. The largest absolute Gasteiger partial charge is 0.379 e. The molecule has 0 bridgehead atoms. The fourth-order valence-electron chi connectivity index (χ4n) is 1.29. The van der Waals surface area contributed by atoms with E-state index < -0.39 is 0 Å². The first-order valence-corrected chi connectivity index (χ1v) is 5.47. The van der Waals surface area contributed by atoms with Crippen molar-refractivity contribution in [1.82, 2.24) is 10.1 Å². The van der Waals surface area contributed by atoms with Gasteiger partial charge in [0.15, 0.2) is 0 Å². The molecule has 0 saturated carbocycles. The quantitative estimate of drug-likeness (QED) is 0.614. The van der Waals surface area contributed by atoms with Gasteiger partial charge in [-0.3, -0.25) is 14.6 Å². The summed E-state index contributed by atoms with van der Waals surface area (Å²) >= 11 is 0. The van der Waals surface area contributed by atoms with Crippen molar-refractivity contribution in [1.29, 1.82) is 0 Å². The van der Waals surface area contributed by atoms with Gasteiger partial charge >= 0.3 is 0 Å². The first kappa shape index (κ1) is 12.9. The Labute approximate surface area is 91.8 Å². The van der Waals surface area contributed by atoms with Gasteiger partial charge in [-0.2, -0.15) is 0 Å². The molecule has 5 nitrogen and oxygen atoms in total. The second kappa shape index (κ2) is 7.14. The predicted octanol–water partition coefficient (Wildman–Crippen LogP) is 0.727. The van der Waals surface area contributed by atoms with Crippen LogP contribution in [0.4, 0.5) is 0 Å². The van der Waals surface area contributed by atoms with E-state index in [1.165, 1.54) is 5.23 Å². The van der Waals surface area contributed by atoms with Gasteiger partial charge in [0, 0.05) is 13.1 Å². The number of morpholine rings is 1. The second-order valence-corrected chi connectivity index (χ2v) is 4.08. The van der Waals surface area contributed by atoms with E-state index in [4.69, 9.17) is 14.4 Å². The average Bonchev–Trinajstić information content (AvgIpc) is 2.25. The maximum Gasteiger partial charge on any atom is 0.104 e. The zero-order chi connectivity index (χ0) is 11.1. The fourth-order valence-corrected chi connectivity index (χ4v) is 1.29. The molecular weight excluding hydrogens is 196 g/mol. The molecule has 0 amide bonds.